The van der Waals surface area contributed by atoms with Gasteiger partial charge in [0.25, 0.3) is 5.91 Å². The second-order valence-electron chi connectivity index (χ2n) is 5.42. The van der Waals surface area contributed by atoms with Gasteiger partial charge in [0, 0.05) is 7.05 Å². The summed E-state index contributed by atoms with van der Waals surface area (Å²) in [5.41, 5.74) is 0.905. The number of hydrogen-bond donors (Lipinski definition) is 2. The van der Waals surface area contributed by atoms with Crippen LogP contribution in [0.15, 0.2) is 24.3 Å². The van der Waals surface area contributed by atoms with Crippen LogP contribution >= 0.6 is 11.3 Å². The summed E-state index contributed by atoms with van der Waals surface area (Å²) in [5, 5.41) is 5.38. The maximum absolute atomic E-state index is 12.4. The van der Waals surface area contributed by atoms with E-state index in [9.17, 15) is 14.4 Å². The van der Waals surface area contributed by atoms with Crippen LogP contribution in [0.2, 0.25) is 0 Å². The normalized spacial score (nSPS) is 18.6. The van der Waals surface area contributed by atoms with Crippen molar-refractivity contribution in [3.05, 3.63) is 29.3 Å². The van der Waals surface area contributed by atoms with Crippen molar-refractivity contribution in [1.29, 1.82) is 0 Å². The standard InChI is InChI=1S/C15H16N4O3S/c1-8(14-16-9-5-3-4-6-11(9)23-14)19(2)12(20)7-10-13(21)18-15(22)17-10/h3-6,8,10H,7H2,1-2H3,(H2,17,18,21,22). The molecule has 1 fully saturated rings. The number of urea groups is 1. The summed E-state index contributed by atoms with van der Waals surface area (Å²) in [6, 6.07) is 6.22. The van der Waals surface area contributed by atoms with Gasteiger partial charge >= 0.3 is 6.03 Å². The highest BCUT2D eigenvalue weighted by Crippen LogP contribution is 2.29. The zero-order chi connectivity index (χ0) is 16.6. The van der Waals surface area contributed by atoms with Crippen molar-refractivity contribution in [2.45, 2.75) is 25.4 Å². The molecule has 1 aliphatic heterocycles. The zero-order valence-electron chi connectivity index (χ0n) is 12.7. The van der Waals surface area contributed by atoms with Gasteiger partial charge in [-0.1, -0.05) is 12.1 Å². The molecule has 1 aromatic heterocycles. The van der Waals surface area contributed by atoms with Crippen LogP contribution in [-0.2, 0) is 9.59 Å². The van der Waals surface area contributed by atoms with Crippen molar-refractivity contribution in [1.82, 2.24) is 20.5 Å². The third-order valence-corrected chi connectivity index (χ3v) is 5.09. The lowest BCUT2D eigenvalue weighted by Crippen LogP contribution is -2.38. The maximum atomic E-state index is 12.4. The van der Waals surface area contributed by atoms with E-state index >= 15 is 0 Å². The summed E-state index contributed by atoms with van der Waals surface area (Å²) in [6.07, 6.45) is -0.0662. The highest BCUT2D eigenvalue weighted by molar-refractivity contribution is 7.18. The van der Waals surface area contributed by atoms with Gasteiger partial charge in [-0.2, -0.15) is 0 Å². The molecule has 2 atom stereocenters. The van der Waals surface area contributed by atoms with E-state index in [-0.39, 0.29) is 18.4 Å². The summed E-state index contributed by atoms with van der Waals surface area (Å²) in [5.74, 6) is -0.691. The van der Waals surface area contributed by atoms with Gasteiger partial charge in [-0.15, -0.1) is 11.3 Å². The summed E-state index contributed by atoms with van der Waals surface area (Å²) >= 11 is 1.54. The lowest BCUT2D eigenvalue weighted by Gasteiger charge is -2.24. The van der Waals surface area contributed by atoms with Crippen LogP contribution in [-0.4, -0.2) is 40.8 Å². The number of thiazole rings is 1. The number of amides is 4. The Balaban J connectivity index is 1.71. The molecule has 7 nitrogen and oxygen atoms in total. The highest BCUT2D eigenvalue weighted by atomic mass is 32.1. The number of benzene rings is 1. The van der Waals surface area contributed by atoms with Gasteiger partial charge in [0.2, 0.25) is 5.91 Å². The Labute approximate surface area is 136 Å². The Morgan fingerprint density at radius 3 is 2.78 bits per heavy atom. The van der Waals surface area contributed by atoms with Crippen LogP contribution in [0.1, 0.15) is 24.4 Å². The SMILES string of the molecule is CC(c1nc2ccccc2s1)N(C)C(=O)CC1NC(=O)NC1=O. The number of fused-ring (bicyclic) bond motifs is 1. The average molecular weight is 332 g/mol. The smallest absolute Gasteiger partial charge is 0.322 e. The Hall–Kier alpha value is -2.48. The predicted octanol–water partition coefficient (Wildman–Crippen LogP) is 1.41. The lowest BCUT2D eigenvalue weighted by atomic mass is 10.1. The van der Waals surface area contributed by atoms with E-state index < -0.39 is 18.0 Å². The molecule has 1 aromatic carbocycles. The first-order valence-electron chi connectivity index (χ1n) is 7.18. The number of nitrogens with one attached hydrogen (secondary N) is 2. The van der Waals surface area contributed by atoms with Gasteiger partial charge < -0.3 is 10.2 Å². The summed E-state index contributed by atoms with van der Waals surface area (Å²) in [7, 11) is 1.67. The third-order valence-electron chi connectivity index (χ3n) is 3.88. The number of nitrogens with zero attached hydrogens (tertiary/aromatic N) is 2. The first-order chi connectivity index (χ1) is 11.0. The molecule has 0 saturated carbocycles. The molecule has 4 amide bonds. The second-order valence-corrected chi connectivity index (χ2v) is 6.48. The molecular formula is C15H16N4O3S. The van der Waals surface area contributed by atoms with E-state index in [1.54, 1.807) is 23.3 Å². The molecule has 2 unspecified atom stereocenters. The zero-order valence-corrected chi connectivity index (χ0v) is 13.5. The maximum Gasteiger partial charge on any atom is 0.322 e. The van der Waals surface area contributed by atoms with Gasteiger partial charge in [0.1, 0.15) is 11.0 Å². The van der Waals surface area contributed by atoms with E-state index in [1.807, 2.05) is 31.2 Å². The monoisotopic (exact) mass is 332 g/mol. The molecule has 8 heteroatoms. The molecule has 2 N–H and O–H groups in total. The van der Waals surface area contributed by atoms with E-state index in [1.165, 1.54) is 0 Å². The summed E-state index contributed by atoms with van der Waals surface area (Å²) < 4.78 is 1.07. The number of rotatable bonds is 4. The fourth-order valence-electron chi connectivity index (χ4n) is 2.37. The quantitative estimate of drug-likeness (QED) is 0.828. The van der Waals surface area contributed by atoms with Crippen molar-refractivity contribution in [2.75, 3.05) is 7.05 Å². The summed E-state index contributed by atoms with van der Waals surface area (Å²) in [4.78, 5) is 41.1. The highest BCUT2D eigenvalue weighted by Gasteiger charge is 2.33. The van der Waals surface area contributed by atoms with E-state index in [0.29, 0.717) is 0 Å². The molecule has 0 bridgehead atoms. The number of aromatic nitrogens is 1. The van der Waals surface area contributed by atoms with Crippen molar-refractivity contribution >= 4 is 39.4 Å². The minimum Gasteiger partial charge on any atom is -0.336 e. The number of hydrogen-bond acceptors (Lipinski definition) is 5. The van der Waals surface area contributed by atoms with Crippen LogP contribution < -0.4 is 10.6 Å². The van der Waals surface area contributed by atoms with Crippen molar-refractivity contribution in [3.63, 3.8) is 0 Å². The minimum atomic E-state index is -0.806. The molecule has 2 heterocycles. The Morgan fingerprint density at radius 1 is 1.39 bits per heavy atom. The van der Waals surface area contributed by atoms with Crippen LogP contribution in [0.25, 0.3) is 10.2 Å². The third kappa shape index (κ3) is 3.02. The van der Waals surface area contributed by atoms with Gasteiger partial charge in [-0.05, 0) is 19.1 Å². The molecule has 120 valence electrons. The van der Waals surface area contributed by atoms with E-state index in [2.05, 4.69) is 15.6 Å². The number of para-hydroxylation sites is 1. The second kappa shape index (κ2) is 5.96. The van der Waals surface area contributed by atoms with E-state index in [4.69, 9.17) is 0 Å². The number of carbonyl (C=O) groups excluding carboxylic acids is 3. The molecule has 23 heavy (non-hydrogen) atoms. The summed E-state index contributed by atoms with van der Waals surface area (Å²) in [6.45, 7) is 1.89. The lowest BCUT2D eigenvalue weighted by molar-refractivity contribution is -0.134. The number of imide groups is 1. The largest absolute Gasteiger partial charge is 0.336 e. The Morgan fingerprint density at radius 2 is 2.13 bits per heavy atom. The van der Waals surface area contributed by atoms with Gasteiger partial charge in [-0.3, -0.25) is 14.9 Å². The van der Waals surface area contributed by atoms with Crippen LogP contribution in [0.5, 0.6) is 0 Å². The fourth-order valence-corrected chi connectivity index (χ4v) is 3.43. The fraction of sp³-hybridized carbons (Fsp3) is 0.333. The molecule has 1 saturated heterocycles. The van der Waals surface area contributed by atoms with E-state index in [0.717, 1.165) is 15.2 Å². The minimum absolute atomic E-state index is 0.0662. The molecule has 0 radical (unpaired) electrons. The number of carbonyl (C=O) groups is 3. The molecule has 0 aliphatic carbocycles. The topological polar surface area (TPSA) is 91.4 Å². The van der Waals surface area contributed by atoms with Crippen LogP contribution in [0.4, 0.5) is 4.79 Å². The van der Waals surface area contributed by atoms with Gasteiger partial charge in [0.15, 0.2) is 0 Å². The van der Waals surface area contributed by atoms with Crippen LogP contribution in [0, 0.1) is 0 Å². The van der Waals surface area contributed by atoms with Crippen molar-refractivity contribution < 1.29 is 14.4 Å². The van der Waals surface area contributed by atoms with Crippen LogP contribution in [0.3, 0.4) is 0 Å². The average Bonchev–Trinajstić information content (AvgIpc) is 3.08. The Kier molecular flexibility index (Phi) is 3.99. The van der Waals surface area contributed by atoms with Gasteiger partial charge in [-0.25, -0.2) is 9.78 Å². The predicted molar refractivity (Wildman–Crippen MR) is 85.9 cm³/mol. The van der Waals surface area contributed by atoms with Crippen molar-refractivity contribution in [3.8, 4) is 0 Å². The van der Waals surface area contributed by atoms with Crippen molar-refractivity contribution in [2.24, 2.45) is 0 Å². The Bertz CT molecular complexity index is 755. The first-order valence-corrected chi connectivity index (χ1v) is 8.00. The molecule has 2 aromatic rings. The van der Waals surface area contributed by atoms with Gasteiger partial charge in [0.05, 0.1) is 22.7 Å². The molecular weight excluding hydrogens is 316 g/mol. The first kappa shape index (κ1) is 15.4. The molecule has 0 spiro atoms. The molecule has 3 rings (SSSR count). The molecule has 1 aliphatic rings.